The minimum atomic E-state index is -1.18. The van der Waals surface area contributed by atoms with E-state index in [0.717, 1.165) is 35.2 Å². The standard InChI is InChI=1S/C18H11F3N2O3S2/c19-8-4-10(21)16-11(5-8)22-14(28-16)7-23-12-3-1-2-9(20)17(12)27-13(18(23)26)6-15(24)25/h1-5,13H,6-7H2,(H,24,25). The molecule has 1 N–H and O–H groups in total. The number of carbonyl (C=O) groups is 2. The van der Waals surface area contributed by atoms with E-state index in [2.05, 4.69) is 4.98 Å². The molecule has 28 heavy (non-hydrogen) atoms. The number of nitrogens with zero attached hydrogens (tertiary/aromatic N) is 2. The van der Waals surface area contributed by atoms with Crippen LogP contribution in [0, 0.1) is 17.5 Å². The lowest BCUT2D eigenvalue weighted by Crippen LogP contribution is -2.41. The molecule has 0 fully saturated rings. The Bertz CT molecular complexity index is 1120. The fourth-order valence-corrected chi connectivity index (χ4v) is 5.13. The molecule has 0 aliphatic carbocycles. The number of aliphatic carboxylic acids is 1. The molecule has 5 nitrogen and oxygen atoms in total. The lowest BCUT2D eigenvalue weighted by molar-refractivity contribution is -0.138. The molecule has 0 saturated heterocycles. The smallest absolute Gasteiger partial charge is 0.305 e. The second kappa shape index (κ2) is 7.10. The minimum absolute atomic E-state index is 0.105. The van der Waals surface area contributed by atoms with Crippen LogP contribution in [0.2, 0.25) is 0 Å². The molecule has 2 aromatic carbocycles. The number of amides is 1. The molecule has 2 heterocycles. The van der Waals surface area contributed by atoms with E-state index in [1.165, 1.54) is 17.0 Å². The number of hydrogen-bond acceptors (Lipinski definition) is 5. The maximum atomic E-state index is 14.3. The Morgan fingerprint density at radius 2 is 2.00 bits per heavy atom. The predicted octanol–water partition coefficient (Wildman–Crippen LogP) is 4.20. The topological polar surface area (TPSA) is 70.5 Å². The van der Waals surface area contributed by atoms with Crippen molar-refractivity contribution in [2.75, 3.05) is 4.90 Å². The Kier molecular flexibility index (Phi) is 4.76. The Balaban J connectivity index is 1.75. The van der Waals surface area contributed by atoms with Crippen LogP contribution in [-0.2, 0) is 16.1 Å². The molecule has 0 spiro atoms. The molecule has 1 amide bonds. The van der Waals surface area contributed by atoms with E-state index in [-0.39, 0.29) is 21.7 Å². The molecule has 4 rings (SSSR count). The van der Waals surface area contributed by atoms with Gasteiger partial charge in [-0.2, -0.15) is 0 Å². The van der Waals surface area contributed by atoms with Gasteiger partial charge in [0, 0.05) is 12.1 Å². The highest BCUT2D eigenvalue weighted by Crippen LogP contribution is 2.43. The van der Waals surface area contributed by atoms with Crippen molar-refractivity contribution >= 4 is 50.9 Å². The van der Waals surface area contributed by atoms with Crippen molar-refractivity contribution in [3.63, 3.8) is 0 Å². The number of benzene rings is 2. The Morgan fingerprint density at radius 3 is 2.75 bits per heavy atom. The van der Waals surface area contributed by atoms with E-state index in [1.807, 2.05) is 0 Å². The van der Waals surface area contributed by atoms with E-state index in [4.69, 9.17) is 5.11 Å². The zero-order valence-electron chi connectivity index (χ0n) is 14.0. The van der Waals surface area contributed by atoms with Gasteiger partial charge in [0.25, 0.3) is 0 Å². The van der Waals surface area contributed by atoms with Gasteiger partial charge in [-0.15, -0.1) is 23.1 Å². The number of thiazole rings is 1. The van der Waals surface area contributed by atoms with Crippen LogP contribution in [0.4, 0.5) is 18.9 Å². The van der Waals surface area contributed by atoms with Gasteiger partial charge in [-0.3, -0.25) is 9.59 Å². The largest absolute Gasteiger partial charge is 0.481 e. The van der Waals surface area contributed by atoms with Crippen molar-refractivity contribution in [1.82, 2.24) is 4.98 Å². The van der Waals surface area contributed by atoms with Crippen molar-refractivity contribution in [3.05, 3.63) is 52.8 Å². The molecule has 144 valence electrons. The molecule has 3 aromatic rings. The summed E-state index contributed by atoms with van der Waals surface area (Å²) in [7, 11) is 0. The average Bonchev–Trinajstić information content (AvgIpc) is 3.02. The quantitative estimate of drug-likeness (QED) is 0.680. The number of fused-ring (bicyclic) bond motifs is 2. The fourth-order valence-electron chi connectivity index (χ4n) is 2.97. The predicted molar refractivity (Wildman–Crippen MR) is 99.0 cm³/mol. The molecule has 1 aliphatic rings. The highest BCUT2D eigenvalue weighted by atomic mass is 32.2. The number of hydrogen-bond donors (Lipinski definition) is 1. The van der Waals surface area contributed by atoms with Crippen LogP contribution in [0.3, 0.4) is 0 Å². The number of anilines is 1. The van der Waals surface area contributed by atoms with Crippen LogP contribution in [0.15, 0.2) is 35.2 Å². The van der Waals surface area contributed by atoms with Crippen molar-refractivity contribution in [3.8, 4) is 0 Å². The summed E-state index contributed by atoms with van der Waals surface area (Å²) in [5.74, 6) is -3.76. The zero-order chi connectivity index (χ0) is 20.0. The van der Waals surface area contributed by atoms with Crippen LogP contribution >= 0.6 is 23.1 Å². The van der Waals surface area contributed by atoms with Crippen molar-refractivity contribution < 1.29 is 27.9 Å². The van der Waals surface area contributed by atoms with Crippen molar-refractivity contribution in [2.24, 2.45) is 0 Å². The third-order valence-electron chi connectivity index (χ3n) is 4.15. The molecular weight excluding hydrogens is 413 g/mol. The van der Waals surface area contributed by atoms with Gasteiger partial charge in [0.2, 0.25) is 5.91 Å². The summed E-state index contributed by atoms with van der Waals surface area (Å²) in [6.45, 7) is -0.105. The van der Waals surface area contributed by atoms with Gasteiger partial charge in [0.15, 0.2) is 0 Å². The summed E-state index contributed by atoms with van der Waals surface area (Å²) in [6, 6.07) is 6.06. The second-order valence-corrected chi connectivity index (χ2v) is 8.36. The molecule has 0 saturated carbocycles. The van der Waals surface area contributed by atoms with Crippen LogP contribution < -0.4 is 4.90 Å². The van der Waals surface area contributed by atoms with Crippen LogP contribution in [-0.4, -0.2) is 27.2 Å². The number of aromatic nitrogens is 1. The zero-order valence-corrected chi connectivity index (χ0v) is 15.6. The summed E-state index contributed by atoms with van der Waals surface area (Å²) in [5, 5.41) is 8.39. The molecule has 0 bridgehead atoms. The first-order valence-electron chi connectivity index (χ1n) is 8.06. The number of halogens is 3. The lowest BCUT2D eigenvalue weighted by atomic mass is 10.2. The van der Waals surface area contributed by atoms with Crippen molar-refractivity contribution in [2.45, 2.75) is 23.1 Å². The number of carbonyl (C=O) groups excluding carboxylic acids is 1. The van der Waals surface area contributed by atoms with E-state index < -0.39 is 41.0 Å². The summed E-state index contributed by atoms with van der Waals surface area (Å²) in [5.41, 5.74) is 0.417. The molecule has 10 heteroatoms. The summed E-state index contributed by atoms with van der Waals surface area (Å²) in [6.07, 6.45) is -0.465. The summed E-state index contributed by atoms with van der Waals surface area (Å²) < 4.78 is 41.8. The average molecular weight is 424 g/mol. The van der Waals surface area contributed by atoms with Crippen molar-refractivity contribution in [1.29, 1.82) is 0 Å². The highest BCUT2D eigenvalue weighted by Gasteiger charge is 2.36. The normalized spacial score (nSPS) is 16.5. The number of carboxylic acids is 1. The van der Waals surface area contributed by atoms with Gasteiger partial charge in [-0.25, -0.2) is 18.2 Å². The first kappa shape index (κ1) is 18.8. The first-order chi connectivity index (χ1) is 13.3. The molecular formula is C18H11F3N2O3S2. The monoisotopic (exact) mass is 424 g/mol. The third kappa shape index (κ3) is 3.33. The van der Waals surface area contributed by atoms with Gasteiger partial charge in [0.1, 0.15) is 22.5 Å². The maximum Gasteiger partial charge on any atom is 0.305 e. The highest BCUT2D eigenvalue weighted by molar-refractivity contribution is 8.01. The van der Waals surface area contributed by atoms with Gasteiger partial charge in [0.05, 0.1) is 39.0 Å². The third-order valence-corrected chi connectivity index (χ3v) is 6.50. The Labute approximate surface area is 164 Å². The minimum Gasteiger partial charge on any atom is -0.481 e. The van der Waals surface area contributed by atoms with E-state index in [0.29, 0.717) is 10.7 Å². The van der Waals surface area contributed by atoms with Gasteiger partial charge in [-0.1, -0.05) is 6.07 Å². The van der Waals surface area contributed by atoms with E-state index in [9.17, 15) is 22.8 Å². The lowest BCUT2D eigenvalue weighted by Gasteiger charge is -2.32. The molecule has 1 unspecified atom stereocenters. The molecule has 1 atom stereocenters. The first-order valence-corrected chi connectivity index (χ1v) is 9.76. The van der Waals surface area contributed by atoms with E-state index >= 15 is 0 Å². The van der Waals surface area contributed by atoms with Crippen LogP contribution in [0.1, 0.15) is 11.4 Å². The second-order valence-electron chi connectivity index (χ2n) is 6.06. The molecule has 0 radical (unpaired) electrons. The molecule has 1 aliphatic heterocycles. The van der Waals surface area contributed by atoms with Gasteiger partial charge >= 0.3 is 5.97 Å². The summed E-state index contributed by atoms with van der Waals surface area (Å²) in [4.78, 5) is 29.5. The van der Waals surface area contributed by atoms with Gasteiger partial charge < -0.3 is 10.0 Å². The van der Waals surface area contributed by atoms with Crippen LogP contribution in [0.5, 0.6) is 0 Å². The van der Waals surface area contributed by atoms with E-state index in [1.54, 1.807) is 6.07 Å². The number of carboxylic acid groups (broad SMARTS) is 1. The van der Waals surface area contributed by atoms with Gasteiger partial charge in [-0.05, 0) is 12.1 Å². The fraction of sp³-hybridized carbons (Fsp3) is 0.167. The summed E-state index contributed by atoms with van der Waals surface area (Å²) >= 11 is 1.83. The maximum absolute atomic E-state index is 14.3. The number of rotatable bonds is 4. The molecule has 1 aromatic heterocycles. The number of thioether (sulfide) groups is 1. The SMILES string of the molecule is O=C(O)CC1Sc2c(F)cccc2N(Cc2nc3cc(F)cc(F)c3s2)C1=O. The Morgan fingerprint density at radius 1 is 1.21 bits per heavy atom. The Hall–Kier alpha value is -2.59. The van der Waals surface area contributed by atoms with Crippen LogP contribution in [0.25, 0.3) is 10.2 Å².